The highest BCUT2D eigenvalue weighted by Crippen LogP contribution is 2.21. The summed E-state index contributed by atoms with van der Waals surface area (Å²) in [6.07, 6.45) is 3.20. The minimum atomic E-state index is 0.435. The molecule has 64 valence electrons. The number of aromatic nitrogens is 2. The van der Waals surface area contributed by atoms with Crippen molar-refractivity contribution in [2.75, 3.05) is 12.4 Å². The van der Waals surface area contributed by atoms with Crippen LogP contribution in [0.3, 0.4) is 0 Å². The normalized spacial score (nSPS) is 10.6. The standard InChI is InChI=1S/C7H7BrClN3/c1-10-7-5(2-3-8)6(9)11-4-12-7/h2-4H,1H3,(H,10,11,12)/b3-2+. The molecule has 0 fully saturated rings. The molecular weight excluding hydrogens is 241 g/mol. The van der Waals surface area contributed by atoms with E-state index in [0.29, 0.717) is 11.0 Å². The second-order valence-corrected chi connectivity index (χ2v) is 2.86. The summed E-state index contributed by atoms with van der Waals surface area (Å²) in [7, 11) is 1.78. The maximum absolute atomic E-state index is 5.82. The van der Waals surface area contributed by atoms with Gasteiger partial charge in [-0.05, 0) is 11.1 Å². The molecule has 0 saturated heterocycles. The van der Waals surface area contributed by atoms with Gasteiger partial charge < -0.3 is 5.32 Å². The van der Waals surface area contributed by atoms with E-state index in [-0.39, 0.29) is 0 Å². The molecule has 1 aromatic heterocycles. The van der Waals surface area contributed by atoms with Crippen LogP contribution in [0.15, 0.2) is 11.3 Å². The predicted octanol–water partition coefficient (Wildman–Crippen LogP) is 2.54. The van der Waals surface area contributed by atoms with Gasteiger partial charge in [0.25, 0.3) is 0 Å². The molecule has 1 aromatic rings. The van der Waals surface area contributed by atoms with Crippen molar-refractivity contribution in [1.82, 2.24) is 9.97 Å². The lowest BCUT2D eigenvalue weighted by Gasteiger charge is -2.03. The summed E-state index contributed by atoms with van der Waals surface area (Å²) in [5.74, 6) is 0.714. The number of nitrogens with zero attached hydrogens (tertiary/aromatic N) is 2. The fourth-order valence-corrected chi connectivity index (χ4v) is 1.24. The summed E-state index contributed by atoms with van der Waals surface area (Å²) in [5, 5.41) is 3.35. The highest BCUT2D eigenvalue weighted by molar-refractivity contribution is 9.11. The molecule has 0 spiro atoms. The largest absolute Gasteiger partial charge is 0.373 e. The van der Waals surface area contributed by atoms with Crippen LogP contribution >= 0.6 is 27.5 Å². The van der Waals surface area contributed by atoms with E-state index in [9.17, 15) is 0 Å². The zero-order valence-corrected chi connectivity index (χ0v) is 8.72. The first kappa shape index (κ1) is 9.48. The second kappa shape index (κ2) is 4.42. The van der Waals surface area contributed by atoms with Crippen molar-refractivity contribution >= 4 is 39.4 Å². The first-order valence-electron chi connectivity index (χ1n) is 3.24. The van der Waals surface area contributed by atoms with Crippen molar-refractivity contribution in [1.29, 1.82) is 0 Å². The minimum Gasteiger partial charge on any atom is -0.373 e. The van der Waals surface area contributed by atoms with Crippen LogP contribution in [-0.2, 0) is 0 Å². The molecule has 12 heavy (non-hydrogen) atoms. The molecule has 1 N–H and O–H groups in total. The Bertz CT molecular complexity index is 301. The Morgan fingerprint density at radius 1 is 1.58 bits per heavy atom. The van der Waals surface area contributed by atoms with E-state index in [4.69, 9.17) is 11.6 Å². The van der Waals surface area contributed by atoms with Gasteiger partial charge in [-0.1, -0.05) is 27.5 Å². The third-order valence-electron chi connectivity index (χ3n) is 1.30. The van der Waals surface area contributed by atoms with E-state index < -0.39 is 0 Å². The molecule has 0 aliphatic carbocycles. The van der Waals surface area contributed by atoms with Crippen LogP contribution < -0.4 is 5.32 Å². The average Bonchev–Trinajstić information content (AvgIpc) is 2.09. The fourth-order valence-electron chi connectivity index (χ4n) is 0.784. The second-order valence-electron chi connectivity index (χ2n) is 1.97. The first-order valence-corrected chi connectivity index (χ1v) is 4.54. The SMILES string of the molecule is CNc1ncnc(Cl)c1/C=C/Br. The van der Waals surface area contributed by atoms with E-state index in [2.05, 4.69) is 31.2 Å². The number of hydrogen-bond acceptors (Lipinski definition) is 3. The van der Waals surface area contributed by atoms with Gasteiger partial charge in [0.1, 0.15) is 17.3 Å². The first-order chi connectivity index (χ1) is 5.79. The number of rotatable bonds is 2. The van der Waals surface area contributed by atoms with Crippen molar-refractivity contribution in [3.8, 4) is 0 Å². The zero-order chi connectivity index (χ0) is 8.97. The van der Waals surface area contributed by atoms with Gasteiger partial charge in [0.2, 0.25) is 0 Å². The van der Waals surface area contributed by atoms with Gasteiger partial charge in [0.15, 0.2) is 0 Å². The quantitative estimate of drug-likeness (QED) is 0.817. The Labute approximate surface area is 84.0 Å². The van der Waals surface area contributed by atoms with Crippen LogP contribution in [0, 0.1) is 0 Å². The van der Waals surface area contributed by atoms with Crippen LogP contribution in [0.1, 0.15) is 5.56 Å². The smallest absolute Gasteiger partial charge is 0.141 e. The summed E-state index contributed by atoms with van der Waals surface area (Å²) in [6, 6.07) is 0. The number of anilines is 1. The van der Waals surface area contributed by atoms with Gasteiger partial charge in [-0.15, -0.1) is 0 Å². The Kier molecular flexibility index (Phi) is 3.49. The molecule has 1 rings (SSSR count). The number of hydrogen-bond donors (Lipinski definition) is 1. The van der Waals surface area contributed by atoms with Crippen LogP contribution in [0.4, 0.5) is 5.82 Å². The molecule has 0 bridgehead atoms. The fraction of sp³-hybridized carbons (Fsp3) is 0.143. The van der Waals surface area contributed by atoms with Crippen molar-refractivity contribution in [3.63, 3.8) is 0 Å². The molecule has 1 heterocycles. The van der Waals surface area contributed by atoms with Crippen LogP contribution in [0.25, 0.3) is 6.08 Å². The summed E-state index contributed by atoms with van der Waals surface area (Å²) < 4.78 is 0. The van der Waals surface area contributed by atoms with Crippen LogP contribution in [0.5, 0.6) is 0 Å². The van der Waals surface area contributed by atoms with E-state index in [0.717, 1.165) is 5.56 Å². The Hall–Kier alpha value is -0.610. The van der Waals surface area contributed by atoms with Crippen LogP contribution in [-0.4, -0.2) is 17.0 Å². The van der Waals surface area contributed by atoms with Gasteiger partial charge in [-0.2, -0.15) is 0 Å². The number of halogens is 2. The monoisotopic (exact) mass is 247 g/mol. The average molecular weight is 249 g/mol. The summed E-state index contributed by atoms with van der Waals surface area (Å²) in [6.45, 7) is 0. The predicted molar refractivity (Wildman–Crippen MR) is 54.5 cm³/mol. The Morgan fingerprint density at radius 2 is 2.33 bits per heavy atom. The lowest BCUT2D eigenvalue weighted by molar-refractivity contribution is 1.15. The lowest BCUT2D eigenvalue weighted by Crippen LogP contribution is -1.96. The summed E-state index contributed by atoms with van der Waals surface area (Å²) in [4.78, 5) is 9.55. The molecule has 0 saturated carbocycles. The molecule has 0 amide bonds. The topological polar surface area (TPSA) is 37.8 Å². The highest BCUT2D eigenvalue weighted by atomic mass is 79.9. The molecule has 0 aromatic carbocycles. The lowest BCUT2D eigenvalue weighted by atomic mass is 10.3. The van der Waals surface area contributed by atoms with Gasteiger partial charge >= 0.3 is 0 Å². The summed E-state index contributed by atoms with van der Waals surface area (Å²) in [5.41, 5.74) is 0.776. The van der Waals surface area contributed by atoms with Gasteiger partial charge in [0, 0.05) is 7.05 Å². The molecule has 5 heteroatoms. The van der Waals surface area contributed by atoms with Crippen LogP contribution in [0.2, 0.25) is 5.15 Å². The molecule has 0 aliphatic heterocycles. The van der Waals surface area contributed by atoms with E-state index >= 15 is 0 Å². The molecule has 0 radical (unpaired) electrons. The van der Waals surface area contributed by atoms with E-state index in [1.807, 2.05) is 0 Å². The van der Waals surface area contributed by atoms with E-state index in [1.165, 1.54) is 6.33 Å². The van der Waals surface area contributed by atoms with Crippen molar-refractivity contribution in [2.45, 2.75) is 0 Å². The van der Waals surface area contributed by atoms with Gasteiger partial charge in [-0.3, -0.25) is 0 Å². The Morgan fingerprint density at radius 3 is 2.92 bits per heavy atom. The van der Waals surface area contributed by atoms with Gasteiger partial charge in [0.05, 0.1) is 5.56 Å². The molecule has 0 aliphatic rings. The van der Waals surface area contributed by atoms with E-state index in [1.54, 1.807) is 18.1 Å². The minimum absolute atomic E-state index is 0.435. The van der Waals surface area contributed by atoms with Crippen molar-refractivity contribution in [2.24, 2.45) is 0 Å². The molecule has 3 nitrogen and oxygen atoms in total. The molecule has 0 atom stereocenters. The highest BCUT2D eigenvalue weighted by Gasteiger charge is 2.03. The number of nitrogens with one attached hydrogen (secondary N) is 1. The van der Waals surface area contributed by atoms with Crippen molar-refractivity contribution < 1.29 is 0 Å². The maximum atomic E-state index is 5.82. The molecule has 0 unspecified atom stereocenters. The third kappa shape index (κ3) is 1.95. The van der Waals surface area contributed by atoms with Crippen molar-refractivity contribution in [3.05, 3.63) is 22.0 Å². The zero-order valence-electron chi connectivity index (χ0n) is 6.38. The van der Waals surface area contributed by atoms with Gasteiger partial charge in [-0.25, -0.2) is 9.97 Å². The maximum Gasteiger partial charge on any atom is 0.141 e. The molecular formula is C7H7BrClN3. The Balaban J connectivity index is 3.19. The summed E-state index contributed by atoms with van der Waals surface area (Å²) >= 11 is 8.98. The third-order valence-corrected chi connectivity index (χ3v) is 1.87.